The predicted molar refractivity (Wildman–Crippen MR) is 133 cm³/mol. The number of urea groups is 1. The van der Waals surface area contributed by atoms with Crippen LogP contribution in [0.1, 0.15) is 41.7 Å². The van der Waals surface area contributed by atoms with Gasteiger partial charge in [-0.2, -0.15) is 0 Å². The Morgan fingerprint density at radius 2 is 1.91 bits per heavy atom. The molecule has 2 aromatic heterocycles. The van der Waals surface area contributed by atoms with E-state index in [1.54, 1.807) is 35.8 Å². The number of carbonyl (C=O) groups is 2. The first kappa shape index (κ1) is 22.8. The predicted octanol–water partition coefficient (Wildman–Crippen LogP) is 6.57. The van der Waals surface area contributed by atoms with E-state index in [1.807, 2.05) is 24.5 Å². The normalized spacial score (nSPS) is 13.8. The monoisotopic (exact) mass is 484 g/mol. The van der Waals surface area contributed by atoms with Gasteiger partial charge in [0, 0.05) is 28.3 Å². The Bertz CT molecular complexity index is 1080. The van der Waals surface area contributed by atoms with E-state index in [4.69, 9.17) is 0 Å². The zero-order valence-corrected chi connectivity index (χ0v) is 20.1. The molecular formula is C23H24N4O2S3. The van der Waals surface area contributed by atoms with Crippen molar-refractivity contribution in [3.63, 3.8) is 0 Å². The SMILES string of the molecule is CSc1sc(NC(=O)Nc2cnccc2C(=O)C2CCCC2)nc1CSc1ccccc1. The van der Waals surface area contributed by atoms with Crippen LogP contribution in [0.4, 0.5) is 15.6 Å². The fourth-order valence-corrected chi connectivity index (χ4v) is 6.36. The number of carbonyl (C=O) groups excluding carboxylic acids is 2. The fraction of sp³-hybridized carbons (Fsp3) is 0.304. The van der Waals surface area contributed by atoms with Crippen molar-refractivity contribution in [1.29, 1.82) is 0 Å². The number of hydrogen-bond donors (Lipinski definition) is 2. The van der Waals surface area contributed by atoms with Crippen LogP contribution in [-0.2, 0) is 5.75 Å². The molecule has 4 rings (SSSR count). The number of thioether (sulfide) groups is 2. The number of nitrogens with zero attached hydrogens (tertiary/aromatic N) is 2. The first-order valence-corrected chi connectivity index (χ1v) is 13.4. The molecule has 1 aliphatic rings. The molecule has 1 aromatic carbocycles. The molecule has 0 aliphatic heterocycles. The van der Waals surface area contributed by atoms with Gasteiger partial charge in [0.1, 0.15) is 0 Å². The number of nitrogens with one attached hydrogen (secondary N) is 2. The molecule has 0 spiro atoms. The Kier molecular flexibility index (Phi) is 7.83. The minimum absolute atomic E-state index is 0.0359. The number of Topliss-reactive ketones (excluding diaryl/α,β-unsaturated/α-hetero) is 1. The molecular weight excluding hydrogens is 460 g/mol. The second kappa shape index (κ2) is 11.0. The van der Waals surface area contributed by atoms with E-state index in [2.05, 4.69) is 32.7 Å². The van der Waals surface area contributed by atoms with Crippen LogP contribution in [0, 0.1) is 5.92 Å². The van der Waals surface area contributed by atoms with Gasteiger partial charge in [-0.1, -0.05) is 42.4 Å². The molecule has 1 saturated carbocycles. The lowest BCUT2D eigenvalue weighted by atomic mass is 9.96. The summed E-state index contributed by atoms with van der Waals surface area (Å²) in [5.41, 5.74) is 1.90. The Labute approximate surface area is 200 Å². The van der Waals surface area contributed by atoms with Crippen molar-refractivity contribution in [2.24, 2.45) is 5.92 Å². The second-order valence-corrected chi connectivity index (χ2v) is 10.5. The molecule has 0 radical (unpaired) electrons. The third-order valence-electron chi connectivity index (χ3n) is 5.25. The highest BCUT2D eigenvalue weighted by molar-refractivity contribution is 8.01. The summed E-state index contributed by atoms with van der Waals surface area (Å²) in [6.45, 7) is 0. The molecule has 2 amide bonds. The van der Waals surface area contributed by atoms with Gasteiger partial charge in [0.15, 0.2) is 10.9 Å². The first-order valence-electron chi connectivity index (χ1n) is 10.4. The number of thiazole rings is 1. The Morgan fingerprint density at radius 1 is 1.12 bits per heavy atom. The minimum atomic E-state index is -0.429. The summed E-state index contributed by atoms with van der Waals surface area (Å²) in [7, 11) is 0. The summed E-state index contributed by atoms with van der Waals surface area (Å²) in [6.07, 6.45) is 9.10. The molecule has 3 aromatic rings. The zero-order chi connectivity index (χ0) is 22.3. The average molecular weight is 485 g/mol. The topological polar surface area (TPSA) is 84.0 Å². The number of benzene rings is 1. The Balaban J connectivity index is 1.41. The summed E-state index contributed by atoms with van der Waals surface area (Å²) in [5, 5.41) is 6.13. The molecule has 0 unspecified atom stereocenters. The van der Waals surface area contributed by atoms with Gasteiger partial charge in [0.05, 0.1) is 21.8 Å². The van der Waals surface area contributed by atoms with E-state index >= 15 is 0 Å². The lowest BCUT2D eigenvalue weighted by Gasteiger charge is -2.13. The third kappa shape index (κ3) is 5.70. The van der Waals surface area contributed by atoms with Gasteiger partial charge >= 0.3 is 6.03 Å². The maximum atomic E-state index is 12.9. The van der Waals surface area contributed by atoms with Crippen molar-refractivity contribution in [2.75, 3.05) is 16.9 Å². The quantitative estimate of drug-likeness (QED) is 0.278. The molecule has 32 heavy (non-hydrogen) atoms. The number of hydrogen-bond acceptors (Lipinski definition) is 7. The van der Waals surface area contributed by atoms with Crippen LogP contribution in [-0.4, -0.2) is 28.0 Å². The second-order valence-electron chi connectivity index (χ2n) is 7.41. The molecule has 2 heterocycles. The summed E-state index contributed by atoms with van der Waals surface area (Å²) < 4.78 is 1.07. The summed E-state index contributed by atoms with van der Waals surface area (Å²) in [5.74, 6) is 0.843. The number of anilines is 2. The number of aromatic nitrogens is 2. The van der Waals surface area contributed by atoms with Gasteiger partial charge in [-0.25, -0.2) is 9.78 Å². The van der Waals surface area contributed by atoms with Gasteiger partial charge in [0.25, 0.3) is 0 Å². The van der Waals surface area contributed by atoms with E-state index < -0.39 is 6.03 Å². The lowest BCUT2D eigenvalue weighted by Crippen LogP contribution is -2.22. The van der Waals surface area contributed by atoms with Crippen LogP contribution in [0.15, 0.2) is 57.9 Å². The highest BCUT2D eigenvalue weighted by Gasteiger charge is 2.26. The van der Waals surface area contributed by atoms with Crippen molar-refractivity contribution in [1.82, 2.24) is 9.97 Å². The van der Waals surface area contributed by atoms with E-state index in [-0.39, 0.29) is 11.7 Å². The van der Waals surface area contributed by atoms with Gasteiger partial charge in [0.2, 0.25) is 0 Å². The molecule has 9 heteroatoms. The average Bonchev–Trinajstić information content (AvgIpc) is 3.48. The van der Waals surface area contributed by atoms with Crippen molar-refractivity contribution in [2.45, 2.75) is 40.5 Å². The van der Waals surface area contributed by atoms with E-state index in [1.165, 1.54) is 22.4 Å². The lowest BCUT2D eigenvalue weighted by molar-refractivity contribution is 0.0923. The van der Waals surface area contributed by atoms with Gasteiger partial charge in [-0.15, -0.1) is 23.5 Å². The first-order chi connectivity index (χ1) is 15.6. The molecule has 166 valence electrons. The number of ketones is 1. The van der Waals surface area contributed by atoms with E-state index in [0.717, 1.165) is 41.3 Å². The molecule has 2 N–H and O–H groups in total. The van der Waals surface area contributed by atoms with Crippen LogP contribution in [0.2, 0.25) is 0 Å². The van der Waals surface area contributed by atoms with Crippen LogP contribution in [0.5, 0.6) is 0 Å². The van der Waals surface area contributed by atoms with Crippen LogP contribution in [0.3, 0.4) is 0 Å². The molecule has 0 saturated heterocycles. The van der Waals surface area contributed by atoms with Crippen LogP contribution < -0.4 is 10.6 Å². The van der Waals surface area contributed by atoms with Crippen molar-refractivity contribution in [3.8, 4) is 0 Å². The summed E-state index contributed by atoms with van der Waals surface area (Å²) >= 11 is 4.78. The summed E-state index contributed by atoms with van der Waals surface area (Å²) in [4.78, 5) is 35.4. The van der Waals surface area contributed by atoms with Crippen LogP contribution >= 0.6 is 34.9 Å². The molecule has 0 atom stereocenters. The summed E-state index contributed by atoms with van der Waals surface area (Å²) in [6, 6.07) is 11.4. The molecule has 6 nitrogen and oxygen atoms in total. The highest BCUT2D eigenvalue weighted by atomic mass is 32.2. The largest absolute Gasteiger partial charge is 0.325 e. The zero-order valence-electron chi connectivity index (χ0n) is 17.7. The number of rotatable bonds is 8. The van der Waals surface area contributed by atoms with Gasteiger partial charge in [-0.05, 0) is 37.3 Å². The van der Waals surface area contributed by atoms with Crippen molar-refractivity contribution < 1.29 is 9.59 Å². The molecule has 1 fully saturated rings. The van der Waals surface area contributed by atoms with E-state index in [0.29, 0.717) is 16.4 Å². The minimum Gasteiger partial charge on any atom is -0.305 e. The third-order valence-corrected chi connectivity index (χ3v) is 8.43. The van der Waals surface area contributed by atoms with Crippen molar-refractivity contribution in [3.05, 3.63) is 60.0 Å². The fourth-order valence-electron chi connectivity index (χ4n) is 3.68. The maximum Gasteiger partial charge on any atom is 0.325 e. The number of pyridine rings is 1. The number of amides is 2. The van der Waals surface area contributed by atoms with Gasteiger partial charge in [-0.3, -0.25) is 15.1 Å². The van der Waals surface area contributed by atoms with Crippen LogP contribution in [0.25, 0.3) is 0 Å². The maximum absolute atomic E-state index is 12.9. The Hall–Kier alpha value is -2.36. The van der Waals surface area contributed by atoms with Gasteiger partial charge < -0.3 is 5.32 Å². The van der Waals surface area contributed by atoms with Crippen molar-refractivity contribution >= 4 is 57.5 Å². The Morgan fingerprint density at radius 3 is 2.66 bits per heavy atom. The molecule has 1 aliphatic carbocycles. The molecule has 0 bridgehead atoms. The van der Waals surface area contributed by atoms with E-state index in [9.17, 15) is 9.59 Å². The highest BCUT2D eigenvalue weighted by Crippen LogP contribution is 2.35. The smallest absolute Gasteiger partial charge is 0.305 e. The standard InChI is InChI=1S/C23H24N4O2S3/c1-30-21-19(14-31-16-9-3-2-4-10-16)26-23(32-21)27-22(29)25-18-13-24-12-11-17(18)20(28)15-7-5-6-8-15/h2-4,9-13,15H,5-8,14H2,1H3,(H2,25,26,27,29).